The minimum atomic E-state index is -1.86. The highest BCUT2D eigenvalue weighted by molar-refractivity contribution is 6.08. The number of benzene rings is 2. The molecule has 8 nitrogen and oxygen atoms in total. The van der Waals surface area contributed by atoms with Crippen molar-refractivity contribution in [2.24, 2.45) is 5.92 Å². The van der Waals surface area contributed by atoms with E-state index < -0.39 is 17.4 Å². The number of nitrogens with zero attached hydrogens (tertiary/aromatic N) is 3. The maximum atomic E-state index is 14.0. The molecule has 5 rings (SSSR count). The Bertz CT molecular complexity index is 1550. The zero-order chi connectivity index (χ0) is 32.3. The highest BCUT2D eigenvalue weighted by atomic mass is 16.3. The fraction of sp³-hybridized carbons (Fsp3) is 0.432. The van der Waals surface area contributed by atoms with Crippen LogP contribution in [0.3, 0.4) is 0 Å². The first-order valence-corrected chi connectivity index (χ1v) is 16.0. The average Bonchev–Trinajstić information content (AvgIpc) is 3.24. The van der Waals surface area contributed by atoms with Gasteiger partial charge >= 0.3 is 0 Å². The van der Waals surface area contributed by atoms with Gasteiger partial charge < -0.3 is 24.9 Å². The van der Waals surface area contributed by atoms with Crippen molar-refractivity contribution in [2.75, 3.05) is 29.5 Å². The van der Waals surface area contributed by atoms with Crippen molar-refractivity contribution in [3.63, 3.8) is 0 Å². The second-order valence-electron chi connectivity index (χ2n) is 12.8. The predicted molar refractivity (Wildman–Crippen MR) is 177 cm³/mol. The number of β-lactam (4-membered cyclic amide) rings is 1. The molecule has 3 aliphatic rings. The summed E-state index contributed by atoms with van der Waals surface area (Å²) in [5.74, 6) is -1.18. The molecule has 1 saturated heterocycles. The third-order valence-electron chi connectivity index (χ3n) is 9.39. The molecule has 1 fully saturated rings. The quantitative estimate of drug-likeness (QED) is 0.270. The highest BCUT2D eigenvalue weighted by Crippen LogP contribution is 2.47. The summed E-state index contributed by atoms with van der Waals surface area (Å²) < 4.78 is 0. The minimum absolute atomic E-state index is 0.0163. The van der Waals surface area contributed by atoms with E-state index in [0.717, 1.165) is 29.5 Å². The van der Waals surface area contributed by atoms with Crippen LogP contribution in [-0.2, 0) is 33.0 Å². The molecule has 3 heterocycles. The van der Waals surface area contributed by atoms with E-state index in [-0.39, 0.29) is 30.9 Å². The van der Waals surface area contributed by atoms with Crippen molar-refractivity contribution >= 4 is 29.1 Å². The number of hydrogen-bond acceptors (Lipinski definition) is 5. The lowest BCUT2D eigenvalue weighted by Crippen LogP contribution is -2.46. The lowest BCUT2D eigenvalue weighted by Gasteiger charge is -2.36. The molecule has 2 aromatic rings. The fourth-order valence-electron chi connectivity index (χ4n) is 6.48. The second kappa shape index (κ2) is 13.5. The smallest absolute Gasteiger partial charge is 0.264 e. The molecule has 2 aromatic carbocycles. The summed E-state index contributed by atoms with van der Waals surface area (Å²) in [6, 6.07) is 13.1. The van der Waals surface area contributed by atoms with Crippen LogP contribution < -0.4 is 9.80 Å². The Morgan fingerprint density at radius 2 is 1.84 bits per heavy atom. The molecule has 45 heavy (non-hydrogen) atoms. The van der Waals surface area contributed by atoms with E-state index in [1.54, 1.807) is 39.8 Å². The van der Waals surface area contributed by atoms with Crippen LogP contribution in [0.15, 0.2) is 77.9 Å². The summed E-state index contributed by atoms with van der Waals surface area (Å²) in [4.78, 5) is 44.6. The van der Waals surface area contributed by atoms with Crippen LogP contribution in [0.4, 0.5) is 11.4 Å². The molecular weight excluding hydrogens is 566 g/mol. The maximum Gasteiger partial charge on any atom is 0.264 e. The number of anilines is 2. The van der Waals surface area contributed by atoms with Gasteiger partial charge in [0.15, 0.2) is 5.60 Å². The Balaban J connectivity index is 1.36. The van der Waals surface area contributed by atoms with Crippen LogP contribution in [0.25, 0.3) is 0 Å². The number of rotatable bonds is 11. The zero-order valence-corrected chi connectivity index (χ0v) is 26.8. The molecule has 0 bridgehead atoms. The number of hydrogen-bond donors (Lipinski definition) is 2. The number of allylic oxidation sites excluding steroid dienone is 3. The zero-order valence-electron chi connectivity index (χ0n) is 26.8. The Hall–Kier alpha value is -4.01. The van der Waals surface area contributed by atoms with Crippen LogP contribution in [0, 0.1) is 5.92 Å². The summed E-state index contributed by atoms with van der Waals surface area (Å²) in [5.41, 5.74) is 4.55. The molecule has 0 aromatic heterocycles. The van der Waals surface area contributed by atoms with Crippen molar-refractivity contribution in [3.05, 3.63) is 94.6 Å². The number of carbonyl (C=O) groups excluding carboxylic acids is 3. The number of aliphatic hydroxyl groups is 2. The van der Waals surface area contributed by atoms with Gasteiger partial charge in [0, 0.05) is 49.6 Å². The van der Waals surface area contributed by atoms with Gasteiger partial charge in [-0.2, -0.15) is 0 Å². The number of amides is 3. The summed E-state index contributed by atoms with van der Waals surface area (Å²) in [6.45, 7) is 9.23. The first-order chi connectivity index (χ1) is 21.5. The summed E-state index contributed by atoms with van der Waals surface area (Å²) >= 11 is 0. The van der Waals surface area contributed by atoms with Crippen molar-refractivity contribution in [2.45, 2.75) is 78.0 Å². The van der Waals surface area contributed by atoms with Gasteiger partial charge in [0.25, 0.3) is 5.91 Å². The van der Waals surface area contributed by atoms with E-state index >= 15 is 0 Å². The Kier molecular flexibility index (Phi) is 9.75. The molecule has 0 radical (unpaired) electrons. The molecule has 8 heteroatoms. The second-order valence-corrected chi connectivity index (χ2v) is 12.8. The topological polar surface area (TPSA) is 101 Å². The van der Waals surface area contributed by atoms with E-state index in [1.165, 1.54) is 5.57 Å². The standard InChI is InChI=1S/C37H45N3O5/c1-25(2)9-7-10-26(3)17-19-39-33-16-15-30(38-20-18-35(38)43)22-32(33)37(45,36(39)44)27(4)11-8-14-34(42)40-23-29-13-6-5-12-28(29)21-31(40)24-41/h5-6,8-9,11-13,15-17,22,27,31,41,45H,7,10,14,18-21,23-24H2,1-4H3/b11-8+,26-17+/t27-,31+,37+/m1/s1. The Morgan fingerprint density at radius 3 is 2.51 bits per heavy atom. The maximum absolute atomic E-state index is 14.0. The van der Waals surface area contributed by atoms with Crippen LogP contribution in [-0.4, -0.2) is 58.6 Å². The minimum Gasteiger partial charge on any atom is -0.394 e. The molecule has 3 atom stereocenters. The lowest BCUT2D eigenvalue weighted by molar-refractivity contribution is -0.139. The third-order valence-corrected chi connectivity index (χ3v) is 9.39. The van der Waals surface area contributed by atoms with E-state index in [1.807, 2.05) is 42.5 Å². The van der Waals surface area contributed by atoms with Gasteiger partial charge in [0.05, 0.1) is 18.3 Å². The van der Waals surface area contributed by atoms with Crippen molar-refractivity contribution in [1.29, 1.82) is 0 Å². The molecule has 0 saturated carbocycles. The van der Waals surface area contributed by atoms with E-state index in [4.69, 9.17) is 0 Å². The Labute approximate surface area is 266 Å². The van der Waals surface area contributed by atoms with Crippen molar-refractivity contribution in [1.82, 2.24) is 4.90 Å². The van der Waals surface area contributed by atoms with Gasteiger partial charge in [-0.1, -0.05) is 66.6 Å². The van der Waals surface area contributed by atoms with Crippen molar-refractivity contribution < 1.29 is 24.6 Å². The number of carbonyl (C=O) groups is 3. The molecule has 238 valence electrons. The molecule has 0 aliphatic carbocycles. The van der Waals surface area contributed by atoms with E-state index in [9.17, 15) is 24.6 Å². The third kappa shape index (κ3) is 6.53. The molecule has 3 aliphatic heterocycles. The van der Waals surface area contributed by atoms with Gasteiger partial charge in [-0.05, 0) is 69.4 Å². The number of fused-ring (bicyclic) bond motifs is 2. The van der Waals surface area contributed by atoms with E-state index in [0.29, 0.717) is 49.4 Å². The summed E-state index contributed by atoms with van der Waals surface area (Å²) in [7, 11) is 0. The molecule has 0 unspecified atom stereocenters. The largest absolute Gasteiger partial charge is 0.394 e. The van der Waals surface area contributed by atoms with Gasteiger partial charge in [-0.25, -0.2) is 0 Å². The normalized spacial score (nSPS) is 22.0. The molecular formula is C37H45N3O5. The first-order valence-electron chi connectivity index (χ1n) is 16.0. The molecule has 0 spiro atoms. The van der Waals surface area contributed by atoms with Crippen molar-refractivity contribution in [3.8, 4) is 0 Å². The van der Waals surface area contributed by atoms with Gasteiger partial charge in [0.1, 0.15) is 0 Å². The highest BCUT2D eigenvalue weighted by Gasteiger charge is 2.52. The molecule has 2 N–H and O–H groups in total. The average molecular weight is 612 g/mol. The summed E-state index contributed by atoms with van der Waals surface area (Å²) in [5, 5.41) is 22.2. The first kappa shape index (κ1) is 32.4. The van der Waals surface area contributed by atoms with Crippen LogP contribution >= 0.6 is 0 Å². The lowest BCUT2D eigenvalue weighted by atomic mass is 9.82. The SMILES string of the molecule is CC(C)=CCC/C(C)=C/CN1C(=O)[C@](O)([C@H](C)/C=C/CC(=O)N2Cc3ccccc3C[C@H]2CO)c2cc(N3CCC3=O)ccc21. The number of aliphatic hydroxyl groups excluding tert-OH is 1. The summed E-state index contributed by atoms with van der Waals surface area (Å²) in [6.07, 6.45) is 10.6. The van der Waals surface area contributed by atoms with Crippen LogP contribution in [0.2, 0.25) is 0 Å². The van der Waals surface area contributed by atoms with Crippen LogP contribution in [0.1, 0.15) is 70.1 Å². The van der Waals surface area contributed by atoms with Crippen LogP contribution in [0.5, 0.6) is 0 Å². The Morgan fingerprint density at radius 1 is 1.09 bits per heavy atom. The monoisotopic (exact) mass is 611 g/mol. The van der Waals surface area contributed by atoms with Gasteiger partial charge in [0.2, 0.25) is 11.8 Å². The fourth-order valence-corrected chi connectivity index (χ4v) is 6.48. The van der Waals surface area contributed by atoms with Gasteiger partial charge in [-0.3, -0.25) is 14.4 Å². The molecule has 3 amide bonds. The van der Waals surface area contributed by atoms with E-state index in [2.05, 4.69) is 26.8 Å². The predicted octanol–water partition coefficient (Wildman–Crippen LogP) is 5.18. The van der Waals surface area contributed by atoms with Gasteiger partial charge in [-0.15, -0.1) is 0 Å².